The Balaban J connectivity index is 2.19. The number of fused-ring (bicyclic) bond motifs is 1. The van der Waals surface area contributed by atoms with Gasteiger partial charge in [0.15, 0.2) is 0 Å². The summed E-state index contributed by atoms with van der Waals surface area (Å²) < 4.78 is 0. The van der Waals surface area contributed by atoms with Crippen LogP contribution in [0.4, 0.5) is 11.4 Å². The topological polar surface area (TPSA) is 63.4 Å². The minimum absolute atomic E-state index is 0.261. The first-order valence-corrected chi connectivity index (χ1v) is 6.42. The van der Waals surface area contributed by atoms with E-state index in [0.717, 1.165) is 10.5 Å². The van der Waals surface area contributed by atoms with E-state index >= 15 is 0 Å². The second kappa shape index (κ2) is 4.35. The number of halogens is 1. The highest BCUT2D eigenvalue weighted by Crippen LogP contribution is 2.34. The number of imide groups is 1. The molecule has 1 heterocycles. The van der Waals surface area contributed by atoms with Gasteiger partial charge in [0, 0.05) is 10.7 Å². The van der Waals surface area contributed by atoms with Gasteiger partial charge in [0.2, 0.25) is 0 Å². The number of benzene rings is 2. The molecule has 0 radical (unpaired) electrons. The van der Waals surface area contributed by atoms with E-state index < -0.39 is 5.91 Å². The van der Waals surface area contributed by atoms with Crippen molar-refractivity contribution in [2.24, 2.45) is 0 Å². The second-order valence-electron chi connectivity index (χ2n) is 4.65. The summed E-state index contributed by atoms with van der Waals surface area (Å²) in [5.74, 6) is -0.781. The summed E-state index contributed by atoms with van der Waals surface area (Å²) in [5.41, 5.74) is 7.99. The largest absolute Gasteiger partial charge is 0.398 e. The lowest BCUT2D eigenvalue weighted by atomic mass is 10.1. The average molecular weight is 287 g/mol. The van der Waals surface area contributed by atoms with E-state index in [2.05, 4.69) is 0 Å². The smallest absolute Gasteiger partial charge is 0.268 e. The van der Waals surface area contributed by atoms with E-state index in [-0.39, 0.29) is 11.5 Å². The maximum Gasteiger partial charge on any atom is 0.268 e. The van der Waals surface area contributed by atoms with Gasteiger partial charge in [-0.05, 0) is 36.8 Å². The van der Waals surface area contributed by atoms with E-state index in [0.29, 0.717) is 22.0 Å². The highest BCUT2D eigenvalue weighted by Gasteiger charge is 2.38. The van der Waals surface area contributed by atoms with Crippen LogP contribution in [0.1, 0.15) is 26.3 Å². The van der Waals surface area contributed by atoms with Crippen LogP contribution in [0.15, 0.2) is 36.4 Å². The highest BCUT2D eigenvalue weighted by atomic mass is 35.5. The molecule has 0 unspecified atom stereocenters. The molecule has 0 saturated carbocycles. The quantitative estimate of drug-likeness (QED) is 0.647. The van der Waals surface area contributed by atoms with Crippen molar-refractivity contribution in [3.05, 3.63) is 58.1 Å². The van der Waals surface area contributed by atoms with E-state index in [1.807, 2.05) is 6.92 Å². The summed E-state index contributed by atoms with van der Waals surface area (Å²) in [7, 11) is 0. The fourth-order valence-corrected chi connectivity index (χ4v) is 2.52. The molecule has 2 aromatic rings. The maximum absolute atomic E-state index is 12.5. The predicted octanol–water partition coefficient (Wildman–Crippen LogP) is 3.03. The van der Waals surface area contributed by atoms with Crippen LogP contribution in [-0.2, 0) is 0 Å². The maximum atomic E-state index is 12.5. The summed E-state index contributed by atoms with van der Waals surface area (Å²) in [6, 6.07) is 9.96. The van der Waals surface area contributed by atoms with Crippen LogP contribution in [0.25, 0.3) is 0 Å². The van der Waals surface area contributed by atoms with E-state index in [1.165, 1.54) is 0 Å². The molecule has 0 fully saturated rings. The van der Waals surface area contributed by atoms with Gasteiger partial charge < -0.3 is 5.73 Å². The Hall–Kier alpha value is -2.33. The van der Waals surface area contributed by atoms with Gasteiger partial charge in [-0.25, -0.2) is 4.90 Å². The molecule has 0 atom stereocenters. The third-order valence-corrected chi connectivity index (χ3v) is 3.59. The van der Waals surface area contributed by atoms with Gasteiger partial charge in [-0.1, -0.05) is 23.7 Å². The highest BCUT2D eigenvalue weighted by molar-refractivity contribution is 6.37. The van der Waals surface area contributed by atoms with E-state index in [1.54, 1.807) is 36.4 Å². The summed E-state index contributed by atoms with van der Waals surface area (Å²) in [4.78, 5) is 26.0. The summed E-state index contributed by atoms with van der Waals surface area (Å²) in [5, 5.41) is 0.468. The molecule has 2 aromatic carbocycles. The molecule has 5 heteroatoms. The molecular weight excluding hydrogens is 276 g/mol. The zero-order valence-electron chi connectivity index (χ0n) is 10.7. The molecule has 20 heavy (non-hydrogen) atoms. The lowest BCUT2D eigenvalue weighted by Crippen LogP contribution is -2.30. The number of nitrogens with zero attached hydrogens (tertiary/aromatic N) is 1. The molecule has 0 bridgehead atoms. The standard InChI is InChI=1S/C15H11ClN2O2/c1-8-5-6-9(16)7-12(8)18-14(19)10-3-2-4-11(17)13(10)15(18)20/h2-7H,17H2,1H3. The zero-order chi connectivity index (χ0) is 14.4. The molecular formula is C15H11ClN2O2. The SMILES string of the molecule is Cc1ccc(Cl)cc1N1C(=O)c2cccc(N)c2C1=O. The number of rotatable bonds is 1. The molecule has 4 nitrogen and oxygen atoms in total. The summed E-state index contributed by atoms with van der Waals surface area (Å²) in [6.45, 7) is 1.82. The van der Waals surface area contributed by atoms with Crippen LogP contribution in [0.2, 0.25) is 5.02 Å². The first-order valence-electron chi connectivity index (χ1n) is 6.04. The fraction of sp³-hybridized carbons (Fsp3) is 0.0667. The first kappa shape index (κ1) is 12.7. The van der Waals surface area contributed by atoms with Gasteiger partial charge in [0.1, 0.15) is 0 Å². The number of aryl methyl sites for hydroxylation is 1. The van der Waals surface area contributed by atoms with Crippen molar-refractivity contribution in [1.29, 1.82) is 0 Å². The van der Waals surface area contributed by atoms with Gasteiger partial charge in [-0.15, -0.1) is 0 Å². The number of amides is 2. The normalized spacial score (nSPS) is 13.8. The van der Waals surface area contributed by atoms with E-state index in [4.69, 9.17) is 17.3 Å². The Morgan fingerprint density at radius 3 is 2.55 bits per heavy atom. The Kier molecular flexibility index (Phi) is 2.76. The van der Waals surface area contributed by atoms with E-state index in [9.17, 15) is 9.59 Å². The number of hydrogen-bond donors (Lipinski definition) is 1. The Bertz CT molecular complexity index is 756. The Labute approximate surface area is 120 Å². The molecule has 0 aliphatic carbocycles. The van der Waals surface area contributed by atoms with Crippen molar-refractivity contribution < 1.29 is 9.59 Å². The molecule has 0 spiro atoms. The molecule has 0 aromatic heterocycles. The van der Waals surface area contributed by atoms with Gasteiger partial charge >= 0.3 is 0 Å². The monoisotopic (exact) mass is 286 g/mol. The molecule has 1 aliphatic rings. The molecule has 2 amide bonds. The second-order valence-corrected chi connectivity index (χ2v) is 5.08. The van der Waals surface area contributed by atoms with Crippen molar-refractivity contribution in [3.63, 3.8) is 0 Å². The van der Waals surface area contributed by atoms with Crippen molar-refractivity contribution in [1.82, 2.24) is 0 Å². The third-order valence-electron chi connectivity index (χ3n) is 3.36. The van der Waals surface area contributed by atoms with Gasteiger partial charge in [0.05, 0.1) is 16.8 Å². The third kappa shape index (κ3) is 1.69. The Morgan fingerprint density at radius 2 is 1.85 bits per heavy atom. The lowest BCUT2D eigenvalue weighted by Gasteiger charge is -2.16. The molecule has 0 saturated heterocycles. The number of carbonyl (C=O) groups excluding carboxylic acids is 2. The number of nitrogens with two attached hydrogens (primary N) is 1. The van der Waals surface area contributed by atoms with Crippen molar-refractivity contribution in [3.8, 4) is 0 Å². The van der Waals surface area contributed by atoms with Gasteiger partial charge in [-0.3, -0.25) is 9.59 Å². The lowest BCUT2D eigenvalue weighted by molar-refractivity contribution is 0.0926. The van der Waals surface area contributed by atoms with Crippen LogP contribution in [0.5, 0.6) is 0 Å². The van der Waals surface area contributed by atoms with Crippen LogP contribution in [0, 0.1) is 6.92 Å². The van der Waals surface area contributed by atoms with Crippen molar-refractivity contribution in [2.75, 3.05) is 10.6 Å². The number of carbonyl (C=O) groups is 2. The number of hydrogen-bond acceptors (Lipinski definition) is 3. The van der Waals surface area contributed by atoms with Crippen molar-refractivity contribution in [2.45, 2.75) is 6.92 Å². The average Bonchev–Trinajstić information content (AvgIpc) is 2.66. The number of nitrogen functional groups attached to an aromatic ring is 1. The molecule has 3 rings (SSSR count). The van der Waals surface area contributed by atoms with Crippen LogP contribution in [0.3, 0.4) is 0 Å². The van der Waals surface area contributed by atoms with Crippen molar-refractivity contribution >= 4 is 34.8 Å². The summed E-state index contributed by atoms with van der Waals surface area (Å²) in [6.07, 6.45) is 0. The minimum atomic E-state index is -0.409. The summed E-state index contributed by atoms with van der Waals surface area (Å²) >= 11 is 5.96. The first-order chi connectivity index (χ1) is 9.50. The zero-order valence-corrected chi connectivity index (χ0v) is 11.4. The molecule has 100 valence electrons. The molecule has 1 aliphatic heterocycles. The van der Waals surface area contributed by atoms with Crippen LogP contribution in [-0.4, -0.2) is 11.8 Å². The predicted molar refractivity (Wildman–Crippen MR) is 78.2 cm³/mol. The number of anilines is 2. The van der Waals surface area contributed by atoms with Gasteiger partial charge in [0.25, 0.3) is 11.8 Å². The molecule has 2 N–H and O–H groups in total. The van der Waals surface area contributed by atoms with Crippen LogP contribution < -0.4 is 10.6 Å². The van der Waals surface area contributed by atoms with Crippen LogP contribution >= 0.6 is 11.6 Å². The van der Waals surface area contributed by atoms with Gasteiger partial charge in [-0.2, -0.15) is 0 Å². The Morgan fingerprint density at radius 1 is 1.10 bits per heavy atom. The minimum Gasteiger partial charge on any atom is -0.398 e. The fourth-order valence-electron chi connectivity index (χ4n) is 2.35.